The number of amides is 2. The molecule has 1 aliphatic heterocycles. The van der Waals surface area contributed by atoms with Crippen molar-refractivity contribution in [1.82, 2.24) is 19.7 Å². The fourth-order valence-electron chi connectivity index (χ4n) is 3.13. The Morgan fingerprint density at radius 2 is 1.79 bits per heavy atom. The summed E-state index contributed by atoms with van der Waals surface area (Å²) < 4.78 is 1.44. The molecule has 28 heavy (non-hydrogen) atoms. The molecule has 1 unspecified atom stereocenters. The number of likely N-dealkylation sites (tertiary alicyclic amines) is 1. The molecule has 8 nitrogen and oxygen atoms in total. The number of benzene rings is 1. The third-order valence-corrected chi connectivity index (χ3v) is 4.86. The van der Waals surface area contributed by atoms with Gasteiger partial charge in [0.2, 0.25) is 11.9 Å². The lowest BCUT2D eigenvalue weighted by Gasteiger charge is -2.23. The summed E-state index contributed by atoms with van der Waals surface area (Å²) in [6.07, 6.45) is 5.87. The van der Waals surface area contributed by atoms with Gasteiger partial charge in [-0.1, -0.05) is 43.2 Å². The number of nitrogens with two attached hydrogens (primary N) is 1. The molecule has 0 aliphatic carbocycles. The lowest BCUT2D eigenvalue weighted by Crippen LogP contribution is -2.45. The number of carbonyl (C=O) groups excluding carboxylic acids is 2. The van der Waals surface area contributed by atoms with Gasteiger partial charge in [0.05, 0.1) is 0 Å². The van der Waals surface area contributed by atoms with Gasteiger partial charge in [0.15, 0.2) is 0 Å². The van der Waals surface area contributed by atoms with Crippen LogP contribution in [0.5, 0.6) is 0 Å². The van der Waals surface area contributed by atoms with Crippen molar-refractivity contribution in [1.29, 1.82) is 0 Å². The second-order valence-corrected chi connectivity index (χ2v) is 7.08. The van der Waals surface area contributed by atoms with Crippen LogP contribution < -0.4 is 11.1 Å². The highest BCUT2D eigenvalue weighted by molar-refractivity contribution is 5.97. The van der Waals surface area contributed by atoms with E-state index >= 15 is 0 Å². The topological polar surface area (TPSA) is 106 Å². The number of hydrogen-bond donors (Lipinski definition) is 2. The summed E-state index contributed by atoms with van der Waals surface area (Å²) in [5.41, 5.74) is 5.67. The molecule has 1 aliphatic rings. The molecule has 3 rings (SSSR count). The minimum absolute atomic E-state index is 0. The smallest absolute Gasteiger partial charge is 0.251 e. The highest BCUT2D eigenvalue weighted by Crippen LogP contribution is 2.19. The maximum Gasteiger partial charge on any atom is 0.251 e. The van der Waals surface area contributed by atoms with E-state index in [-0.39, 0.29) is 30.8 Å². The monoisotopic (exact) mass is 406 g/mol. The molecule has 3 N–H and O–H groups in total. The molecule has 0 radical (unpaired) electrons. The zero-order valence-electron chi connectivity index (χ0n) is 16.0. The molecule has 152 valence electrons. The van der Waals surface area contributed by atoms with Gasteiger partial charge in [-0.25, -0.2) is 9.67 Å². The van der Waals surface area contributed by atoms with Crippen molar-refractivity contribution >= 4 is 30.2 Å². The third kappa shape index (κ3) is 5.30. The molecular weight excluding hydrogens is 380 g/mol. The van der Waals surface area contributed by atoms with Gasteiger partial charge in [-0.15, -0.1) is 17.5 Å². The highest BCUT2D eigenvalue weighted by Gasteiger charge is 2.31. The standard InChI is InChI=1S/C19H26N6O2.ClH/c1-19(20,15-9-5-4-6-10-15)17(27)22-18-21-14-25(23-18)13-16(26)24-11-7-2-3-8-12-24;/h4-6,9-10,14H,2-3,7-8,11-13,20H2,1H3,(H,22,23,27);1H. The molecule has 0 saturated carbocycles. The van der Waals surface area contributed by atoms with E-state index in [0.29, 0.717) is 5.56 Å². The minimum Gasteiger partial charge on any atom is -0.341 e. The molecule has 2 aromatic rings. The fraction of sp³-hybridized carbons (Fsp3) is 0.474. The zero-order chi connectivity index (χ0) is 19.3. The van der Waals surface area contributed by atoms with E-state index in [0.717, 1.165) is 25.9 Å². The summed E-state index contributed by atoms with van der Waals surface area (Å²) in [6, 6.07) is 9.11. The Labute approximate surface area is 170 Å². The van der Waals surface area contributed by atoms with Gasteiger partial charge < -0.3 is 10.6 Å². The van der Waals surface area contributed by atoms with E-state index in [2.05, 4.69) is 15.4 Å². The molecule has 1 saturated heterocycles. The van der Waals surface area contributed by atoms with Crippen LogP contribution in [0, 0.1) is 0 Å². The van der Waals surface area contributed by atoms with Gasteiger partial charge in [-0.05, 0) is 25.3 Å². The average Bonchev–Trinajstić information content (AvgIpc) is 2.93. The number of nitrogens with one attached hydrogen (secondary N) is 1. The Morgan fingerprint density at radius 3 is 2.43 bits per heavy atom. The molecule has 2 amide bonds. The van der Waals surface area contributed by atoms with E-state index in [1.54, 1.807) is 19.1 Å². The Hall–Kier alpha value is -2.45. The van der Waals surface area contributed by atoms with Gasteiger partial charge in [0.25, 0.3) is 5.91 Å². The normalized spacial score (nSPS) is 16.4. The van der Waals surface area contributed by atoms with Crippen molar-refractivity contribution in [3.8, 4) is 0 Å². The van der Waals surface area contributed by atoms with Crippen LogP contribution in [0.1, 0.15) is 38.2 Å². The predicted molar refractivity (Wildman–Crippen MR) is 109 cm³/mol. The summed E-state index contributed by atoms with van der Waals surface area (Å²) in [7, 11) is 0. The van der Waals surface area contributed by atoms with Crippen molar-refractivity contribution in [3.63, 3.8) is 0 Å². The number of hydrogen-bond acceptors (Lipinski definition) is 5. The maximum absolute atomic E-state index is 12.6. The number of rotatable bonds is 5. The summed E-state index contributed by atoms with van der Waals surface area (Å²) in [5.74, 6) is -0.255. The SMILES string of the molecule is CC(N)(C(=O)Nc1ncn(CC(=O)N2CCCCCC2)n1)c1ccccc1.Cl. The Bertz CT molecular complexity index is 785. The molecule has 0 bridgehead atoms. The largest absolute Gasteiger partial charge is 0.341 e. The first kappa shape index (κ1) is 21.8. The lowest BCUT2D eigenvalue weighted by atomic mass is 9.92. The van der Waals surface area contributed by atoms with E-state index in [1.165, 1.54) is 23.9 Å². The fourth-order valence-corrected chi connectivity index (χ4v) is 3.13. The van der Waals surface area contributed by atoms with Gasteiger partial charge >= 0.3 is 0 Å². The van der Waals surface area contributed by atoms with Crippen LogP contribution in [0.3, 0.4) is 0 Å². The Balaban J connectivity index is 0.00000280. The van der Waals surface area contributed by atoms with Crippen LogP contribution >= 0.6 is 12.4 Å². The first-order chi connectivity index (χ1) is 13.0. The quantitative estimate of drug-likeness (QED) is 0.788. The summed E-state index contributed by atoms with van der Waals surface area (Å²) >= 11 is 0. The second-order valence-electron chi connectivity index (χ2n) is 7.08. The highest BCUT2D eigenvalue weighted by atomic mass is 35.5. The van der Waals surface area contributed by atoms with Crippen LogP contribution in [0.4, 0.5) is 5.95 Å². The molecule has 1 aromatic heterocycles. The van der Waals surface area contributed by atoms with Gasteiger partial charge in [0, 0.05) is 13.1 Å². The number of carbonyl (C=O) groups is 2. The summed E-state index contributed by atoms with van der Waals surface area (Å²) in [5, 5.41) is 6.82. The van der Waals surface area contributed by atoms with Crippen LogP contribution in [-0.4, -0.2) is 44.6 Å². The average molecular weight is 407 g/mol. The molecule has 1 fully saturated rings. The zero-order valence-corrected chi connectivity index (χ0v) is 16.8. The van der Waals surface area contributed by atoms with Crippen molar-refractivity contribution in [2.75, 3.05) is 18.4 Å². The molecule has 1 aromatic carbocycles. The Kier molecular flexibility index (Phi) is 7.53. The van der Waals surface area contributed by atoms with Gasteiger partial charge in [0.1, 0.15) is 18.4 Å². The van der Waals surface area contributed by atoms with Crippen molar-refractivity contribution in [3.05, 3.63) is 42.2 Å². The first-order valence-corrected chi connectivity index (χ1v) is 9.30. The molecule has 9 heteroatoms. The third-order valence-electron chi connectivity index (χ3n) is 4.86. The molecule has 1 atom stereocenters. The van der Waals surface area contributed by atoms with E-state index < -0.39 is 11.4 Å². The lowest BCUT2D eigenvalue weighted by molar-refractivity contribution is -0.132. The van der Waals surface area contributed by atoms with Crippen molar-refractivity contribution in [2.24, 2.45) is 5.73 Å². The van der Waals surface area contributed by atoms with Gasteiger partial charge in [-0.3, -0.25) is 14.9 Å². The number of halogens is 1. The number of nitrogens with zero attached hydrogens (tertiary/aromatic N) is 4. The van der Waals surface area contributed by atoms with Crippen molar-refractivity contribution < 1.29 is 9.59 Å². The molecular formula is C19H27ClN6O2. The molecule has 0 spiro atoms. The van der Waals surface area contributed by atoms with Crippen LogP contribution in [-0.2, 0) is 21.7 Å². The summed E-state index contributed by atoms with van der Waals surface area (Å²) in [4.78, 5) is 30.9. The van der Waals surface area contributed by atoms with Crippen LogP contribution in [0.25, 0.3) is 0 Å². The van der Waals surface area contributed by atoms with Crippen molar-refractivity contribution in [2.45, 2.75) is 44.7 Å². The number of aromatic nitrogens is 3. The minimum atomic E-state index is -1.21. The van der Waals surface area contributed by atoms with E-state index in [1.807, 2.05) is 23.1 Å². The van der Waals surface area contributed by atoms with Crippen LogP contribution in [0.2, 0.25) is 0 Å². The van der Waals surface area contributed by atoms with Gasteiger partial charge in [-0.2, -0.15) is 0 Å². The van der Waals surface area contributed by atoms with E-state index in [9.17, 15) is 9.59 Å². The summed E-state index contributed by atoms with van der Waals surface area (Å²) in [6.45, 7) is 3.33. The predicted octanol–water partition coefficient (Wildman–Crippen LogP) is 1.92. The first-order valence-electron chi connectivity index (χ1n) is 9.30. The van der Waals surface area contributed by atoms with E-state index in [4.69, 9.17) is 5.73 Å². The second kappa shape index (κ2) is 9.66. The maximum atomic E-state index is 12.6. The molecule has 2 heterocycles. The Morgan fingerprint density at radius 1 is 1.14 bits per heavy atom. The van der Waals surface area contributed by atoms with Crippen LogP contribution in [0.15, 0.2) is 36.7 Å². The number of anilines is 1.